The van der Waals surface area contributed by atoms with E-state index in [2.05, 4.69) is 25.5 Å². The minimum Gasteiger partial charge on any atom is -0.336 e. The topological polar surface area (TPSA) is 50.3 Å². The average molecular weight is 291 g/mol. The van der Waals surface area contributed by atoms with Crippen LogP contribution in [0.3, 0.4) is 0 Å². The molecule has 2 N–H and O–H groups in total. The molecule has 0 bridgehead atoms. The Labute approximate surface area is 128 Å². The van der Waals surface area contributed by atoms with Crippen molar-refractivity contribution in [3.63, 3.8) is 0 Å². The summed E-state index contributed by atoms with van der Waals surface area (Å²) < 4.78 is 2.09. The Morgan fingerprint density at radius 1 is 1.10 bits per heavy atom. The maximum Gasteiger partial charge on any atom is 0.0950 e. The van der Waals surface area contributed by atoms with Crippen molar-refractivity contribution in [2.45, 2.75) is 38.8 Å². The van der Waals surface area contributed by atoms with Gasteiger partial charge in [-0.25, -0.2) is 4.98 Å². The SMILES string of the molecule is NCCn1cnc(CN2CCC(CN3CCCC3)CC2)c1. The van der Waals surface area contributed by atoms with Gasteiger partial charge in [0, 0.05) is 32.4 Å². The summed E-state index contributed by atoms with van der Waals surface area (Å²) in [5.74, 6) is 0.911. The number of imidazole rings is 1. The van der Waals surface area contributed by atoms with Crippen LogP contribution in [0.25, 0.3) is 0 Å². The second-order valence-corrected chi connectivity index (χ2v) is 6.62. The lowest BCUT2D eigenvalue weighted by molar-refractivity contribution is 0.148. The molecule has 3 rings (SSSR count). The van der Waals surface area contributed by atoms with Crippen LogP contribution in [0.4, 0.5) is 0 Å². The average Bonchev–Trinajstić information content (AvgIpc) is 3.14. The number of hydrogen-bond donors (Lipinski definition) is 1. The zero-order valence-corrected chi connectivity index (χ0v) is 13.1. The molecule has 2 fully saturated rings. The van der Waals surface area contributed by atoms with E-state index in [1.807, 2.05) is 6.33 Å². The van der Waals surface area contributed by atoms with Gasteiger partial charge >= 0.3 is 0 Å². The standard InChI is InChI=1S/C16H29N5/c17-5-10-21-13-16(18-14-21)12-20-8-3-15(4-9-20)11-19-6-1-2-7-19/h13-15H,1-12,17H2. The first-order valence-electron chi connectivity index (χ1n) is 8.49. The smallest absolute Gasteiger partial charge is 0.0950 e. The minimum atomic E-state index is 0.678. The largest absolute Gasteiger partial charge is 0.336 e. The molecule has 2 aliphatic heterocycles. The van der Waals surface area contributed by atoms with Crippen molar-refractivity contribution in [2.24, 2.45) is 11.7 Å². The lowest BCUT2D eigenvalue weighted by atomic mass is 9.96. The molecular weight excluding hydrogens is 262 g/mol. The third-order valence-corrected chi connectivity index (χ3v) is 4.88. The lowest BCUT2D eigenvalue weighted by Crippen LogP contribution is -2.37. The molecule has 1 aromatic heterocycles. The molecule has 118 valence electrons. The van der Waals surface area contributed by atoms with E-state index in [1.165, 1.54) is 64.1 Å². The number of piperidine rings is 1. The Balaban J connectivity index is 1.40. The monoisotopic (exact) mass is 291 g/mol. The van der Waals surface area contributed by atoms with E-state index in [4.69, 9.17) is 5.73 Å². The molecule has 5 nitrogen and oxygen atoms in total. The fourth-order valence-electron chi connectivity index (χ4n) is 3.65. The molecule has 2 aliphatic rings. The minimum absolute atomic E-state index is 0.678. The number of nitrogens with zero attached hydrogens (tertiary/aromatic N) is 4. The maximum absolute atomic E-state index is 5.57. The predicted octanol–water partition coefficient (Wildman–Crippen LogP) is 1.15. The summed E-state index contributed by atoms with van der Waals surface area (Å²) in [4.78, 5) is 9.70. The van der Waals surface area contributed by atoms with Gasteiger partial charge in [-0.15, -0.1) is 0 Å². The summed E-state index contributed by atoms with van der Waals surface area (Å²) in [5, 5.41) is 0. The summed E-state index contributed by atoms with van der Waals surface area (Å²) in [7, 11) is 0. The lowest BCUT2D eigenvalue weighted by Gasteiger charge is -2.33. The Morgan fingerprint density at radius 3 is 2.57 bits per heavy atom. The zero-order valence-electron chi connectivity index (χ0n) is 13.1. The van der Waals surface area contributed by atoms with Gasteiger partial charge in [0.05, 0.1) is 12.0 Å². The van der Waals surface area contributed by atoms with Crippen LogP contribution in [-0.2, 0) is 13.1 Å². The third kappa shape index (κ3) is 4.28. The fraction of sp³-hybridized carbons (Fsp3) is 0.812. The highest BCUT2D eigenvalue weighted by Gasteiger charge is 2.23. The normalized spacial score (nSPS) is 22.1. The quantitative estimate of drug-likeness (QED) is 0.854. The zero-order chi connectivity index (χ0) is 14.5. The number of hydrogen-bond acceptors (Lipinski definition) is 4. The van der Waals surface area contributed by atoms with E-state index >= 15 is 0 Å². The van der Waals surface area contributed by atoms with E-state index in [0.29, 0.717) is 6.54 Å². The van der Waals surface area contributed by atoms with Gasteiger partial charge in [0.25, 0.3) is 0 Å². The first-order valence-corrected chi connectivity index (χ1v) is 8.49. The van der Waals surface area contributed by atoms with Crippen LogP contribution in [0.2, 0.25) is 0 Å². The van der Waals surface area contributed by atoms with Gasteiger partial charge in [-0.2, -0.15) is 0 Å². The molecule has 0 aromatic carbocycles. The molecule has 5 heteroatoms. The van der Waals surface area contributed by atoms with Crippen LogP contribution >= 0.6 is 0 Å². The summed E-state index contributed by atoms with van der Waals surface area (Å²) in [5.41, 5.74) is 6.76. The van der Waals surface area contributed by atoms with Gasteiger partial charge in [0.1, 0.15) is 0 Å². The first kappa shape index (κ1) is 15.0. The Kier molecular flexibility index (Phi) is 5.27. The van der Waals surface area contributed by atoms with E-state index in [9.17, 15) is 0 Å². The molecule has 0 radical (unpaired) electrons. The highest BCUT2D eigenvalue weighted by atomic mass is 15.2. The molecule has 0 atom stereocenters. The van der Waals surface area contributed by atoms with Crippen LogP contribution in [0.15, 0.2) is 12.5 Å². The van der Waals surface area contributed by atoms with Gasteiger partial charge in [-0.3, -0.25) is 4.90 Å². The molecule has 0 saturated carbocycles. The van der Waals surface area contributed by atoms with Crippen molar-refractivity contribution in [2.75, 3.05) is 39.3 Å². The van der Waals surface area contributed by atoms with Crippen molar-refractivity contribution in [3.05, 3.63) is 18.2 Å². The molecule has 1 aromatic rings. The van der Waals surface area contributed by atoms with E-state index < -0.39 is 0 Å². The van der Waals surface area contributed by atoms with Crippen molar-refractivity contribution in [3.8, 4) is 0 Å². The van der Waals surface area contributed by atoms with Gasteiger partial charge < -0.3 is 15.2 Å². The highest BCUT2D eigenvalue weighted by Crippen LogP contribution is 2.21. The van der Waals surface area contributed by atoms with Gasteiger partial charge in [0.2, 0.25) is 0 Å². The molecule has 0 aliphatic carbocycles. The molecular formula is C16H29N5. The number of likely N-dealkylation sites (tertiary alicyclic amines) is 2. The Hall–Kier alpha value is -0.910. The Bertz CT molecular complexity index is 416. The summed E-state index contributed by atoms with van der Waals surface area (Å²) in [6.07, 6.45) is 9.56. The van der Waals surface area contributed by atoms with Crippen molar-refractivity contribution < 1.29 is 0 Å². The molecule has 2 saturated heterocycles. The number of aromatic nitrogens is 2. The molecule has 21 heavy (non-hydrogen) atoms. The van der Waals surface area contributed by atoms with Crippen molar-refractivity contribution >= 4 is 0 Å². The van der Waals surface area contributed by atoms with E-state index in [-0.39, 0.29) is 0 Å². The molecule has 0 unspecified atom stereocenters. The van der Waals surface area contributed by atoms with Crippen LogP contribution in [0.5, 0.6) is 0 Å². The van der Waals surface area contributed by atoms with Crippen molar-refractivity contribution in [1.82, 2.24) is 19.4 Å². The number of rotatable bonds is 6. The summed E-state index contributed by atoms with van der Waals surface area (Å²) in [6.45, 7) is 8.98. The van der Waals surface area contributed by atoms with Gasteiger partial charge in [-0.1, -0.05) is 0 Å². The van der Waals surface area contributed by atoms with Gasteiger partial charge in [-0.05, 0) is 57.8 Å². The molecule has 3 heterocycles. The maximum atomic E-state index is 5.57. The van der Waals surface area contributed by atoms with Gasteiger partial charge in [0.15, 0.2) is 0 Å². The van der Waals surface area contributed by atoms with Crippen LogP contribution in [0, 0.1) is 5.92 Å². The summed E-state index contributed by atoms with van der Waals surface area (Å²) >= 11 is 0. The predicted molar refractivity (Wildman–Crippen MR) is 85.0 cm³/mol. The fourth-order valence-corrected chi connectivity index (χ4v) is 3.65. The number of nitrogens with two attached hydrogens (primary N) is 1. The van der Waals surface area contributed by atoms with Crippen molar-refractivity contribution in [1.29, 1.82) is 0 Å². The van der Waals surface area contributed by atoms with E-state index in [0.717, 1.165) is 19.0 Å². The Morgan fingerprint density at radius 2 is 1.86 bits per heavy atom. The van der Waals surface area contributed by atoms with Crippen LogP contribution in [-0.4, -0.2) is 58.6 Å². The molecule has 0 amide bonds. The highest BCUT2D eigenvalue weighted by molar-refractivity contribution is 4.97. The third-order valence-electron chi connectivity index (χ3n) is 4.88. The summed E-state index contributed by atoms with van der Waals surface area (Å²) in [6, 6.07) is 0. The van der Waals surface area contributed by atoms with Crippen LogP contribution in [0.1, 0.15) is 31.4 Å². The first-order chi connectivity index (χ1) is 10.3. The van der Waals surface area contributed by atoms with Crippen LogP contribution < -0.4 is 5.73 Å². The molecule has 0 spiro atoms. The second-order valence-electron chi connectivity index (χ2n) is 6.62. The van der Waals surface area contributed by atoms with E-state index in [1.54, 1.807) is 0 Å². The second kappa shape index (κ2) is 7.38.